The van der Waals surface area contributed by atoms with Crippen LogP contribution < -0.4 is 16.2 Å². The molecule has 2 atom stereocenters. The predicted molar refractivity (Wildman–Crippen MR) is 88.3 cm³/mol. The molecule has 0 aromatic heterocycles. The van der Waals surface area contributed by atoms with Crippen molar-refractivity contribution in [1.82, 2.24) is 15.6 Å². The highest BCUT2D eigenvalue weighted by Crippen LogP contribution is 2.18. The van der Waals surface area contributed by atoms with Gasteiger partial charge in [0.05, 0.1) is 17.3 Å². The van der Waals surface area contributed by atoms with E-state index in [4.69, 9.17) is 10.4 Å². The average Bonchev–Trinajstić information content (AvgIpc) is 3.09. The number of carbonyl (C=O) groups is 3. The summed E-state index contributed by atoms with van der Waals surface area (Å²) in [6.45, 7) is 1.73. The van der Waals surface area contributed by atoms with Crippen molar-refractivity contribution in [3.8, 4) is 6.07 Å². The van der Waals surface area contributed by atoms with Gasteiger partial charge in [0, 0.05) is 6.54 Å². The molecule has 3 amide bonds. The molecule has 1 aliphatic rings. The number of likely N-dealkylation sites (tertiary alicyclic amines) is 1. The minimum absolute atomic E-state index is 0.375. The number of nitrogens with zero attached hydrogens (tertiary/aromatic N) is 2. The number of rotatable bonds is 5. The monoisotopic (exact) mass is 345 g/mol. The summed E-state index contributed by atoms with van der Waals surface area (Å²) in [5.41, 5.74) is 6.22. The average molecular weight is 345 g/mol. The van der Waals surface area contributed by atoms with Gasteiger partial charge in [-0.3, -0.25) is 20.4 Å². The van der Waals surface area contributed by atoms with Crippen LogP contribution in [0.2, 0.25) is 0 Å². The number of urea groups is 1. The summed E-state index contributed by atoms with van der Waals surface area (Å²) in [5, 5.41) is 20.1. The van der Waals surface area contributed by atoms with Crippen LogP contribution >= 0.6 is 0 Å². The molecule has 25 heavy (non-hydrogen) atoms. The summed E-state index contributed by atoms with van der Waals surface area (Å²) >= 11 is 0. The number of amides is 3. The Kier molecular flexibility index (Phi) is 5.79. The molecule has 1 aromatic carbocycles. The Hall–Kier alpha value is -3.28. The topological polar surface area (TPSA) is 135 Å². The molecule has 9 heteroatoms. The zero-order valence-corrected chi connectivity index (χ0v) is 13.7. The van der Waals surface area contributed by atoms with Gasteiger partial charge in [-0.05, 0) is 38.0 Å². The Labute approximate surface area is 144 Å². The molecular weight excluding hydrogens is 326 g/mol. The van der Waals surface area contributed by atoms with Gasteiger partial charge in [-0.25, -0.2) is 4.79 Å². The second-order valence-electron chi connectivity index (χ2n) is 5.67. The Morgan fingerprint density at radius 3 is 2.84 bits per heavy atom. The Bertz CT molecular complexity index is 715. The van der Waals surface area contributed by atoms with E-state index in [0.717, 1.165) is 0 Å². The molecule has 1 aliphatic heterocycles. The van der Waals surface area contributed by atoms with Crippen LogP contribution in [0.3, 0.4) is 0 Å². The molecule has 9 nitrogen and oxygen atoms in total. The minimum atomic E-state index is -1.15. The number of carboxylic acid groups (broad SMARTS) is 1. The minimum Gasteiger partial charge on any atom is -0.480 e. The van der Waals surface area contributed by atoms with Gasteiger partial charge in [-0.1, -0.05) is 6.07 Å². The first-order chi connectivity index (χ1) is 11.9. The quantitative estimate of drug-likeness (QED) is 0.579. The lowest BCUT2D eigenvalue weighted by molar-refractivity contribution is -0.138. The summed E-state index contributed by atoms with van der Waals surface area (Å²) in [5.74, 6) is -1.55. The van der Waals surface area contributed by atoms with Crippen molar-refractivity contribution in [3.05, 3.63) is 29.8 Å². The molecule has 1 saturated heterocycles. The normalized spacial score (nSPS) is 17.3. The van der Waals surface area contributed by atoms with Crippen molar-refractivity contribution in [2.45, 2.75) is 31.8 Å². The Morgan fingerprint density at radius 2 is 2.16 bits per heavy atom. The van der Waals surface area contributed by atoms with E-state index < -0.39 is 30.0 Å². The van der Waals surface area contributed by atoms with Crippen LogP contribution in [0.4, 0.5) is 10.5 Å². The van der Waals surface area contributed by atoms with E-state index in [1.807, 2.05) is 6.07 Å². The van der Waals surface area contributed by atoms with Crippen LogP contribution in [-0.2, 0) is 9.59 Å². The number of hydrogen-bond acceptors (Lipinski definition) is 5. The zero-order chi connectivity index (χ0) is 18.4. The lowest BCUT2D eigenvalue weighted by Gasteiger charge is -2.25. The summed E-state index contributed by atoms with van der Waals surface area (Å²) in [6, 6.07) is 6.27. The van der Waals surface area contributed by atoms with Gasteiger partial charge >= 0.3 is 12.0 Å². The fourth-order valence-electron chi connectivity index (χ4n) is 2.50. The van der Waals surface area contributed by atoms with Crippen LogP contribution in [0, 0.1) is 11.3 Å². The van der Waals surface area contributed by atoms with E-state index in [1.165, 1.54) is 11.8 Å². The molecule has 0 radical (unpaired) electrons. The highest BCUT2D eigenvalue weighted by molar-refractivity contribution is 5.89. The molecule has 2 rings (SSSR count). The van der Waals surface area contributed by atoms with Crippen molar-refractivity contribution in [1.29, 1.82) is 5.26 Å². The van der Waals surface area contributed by atoms with Gasteiger partial charge in [-0.2, -0.15) is 5.26 Å². The predicted octanol–water partition coefficient (Wildman–Crippen LogP) is 0.648. The molecule has 4 N–H and O–H groups in total. The summed E-state index contributed by atoms with van der Waals surface area (Å²) in [7, 11) is 0. The number of aliphatic carboxylic acids is 1. The lowest BCUT2D eigenvalue weighted by Crippen LogP contribution is -2.53. The van der Waals surface area contributed by atoms with E-state index in [0.29, 0.717) is 30.6 Å². The van der Waals surface area contributed by atoms with Gasteiger partial charge < -0.3 is 15.3 Å². The van der Waals surface area contributed by atoms with E-state index in [1.54, 1.807) is 24.3 Å². The summed E-state index contributed by atoms with van der Waals surface area (Å²) in [6.07, 6.45) is 1.14. The first-order valence-electron chi connectivity index (χ1n) is 7.78. The van der Waals surface area contributed by atoms with E-state index in [2.05, 4.69) is 16.2 Å². The van der Waals surface area contributed by atoms with Gasteiger partial charge in [0.15, 0.2) is 0 Å². The summed E-state index contributed by atoms with van der Waals surface area (Å²) < 4.78 is 0. The van der Waals surface area contributed by atoms with Crippen LogP contribution in [0.15, 0.2) is 24.3 Å². The third kappa shape index (κ3) is 4.60. The molecule has 1 heterocycles. The van der Waals surface area contributed by atoms with E-state index in [-0.39, 0.29) is 0 Å². The molecular formula is C16H19N5O4. The van der Waals surface area contributed by atoms with Crippen molar-refractivity contribution in [2.75, 3.05) is 12.0 Å². The number of anilines is 1. The molecule has 0 aliphatic carbocycles. The fraction of sp³-hybridized carbons (Fsp3) is 0.375. The number of benzene rings is 1. The highest BCUT2D eigenvalue weighted by atomic mass is 16.4. The number of hydrazine groups is 1. The largest absolute Gasteiger partial charge is 0.480 e. The maximum Gasteiger partial charge on any atom is 0.325 e. The maximum atomic E-state index is 12.3. The van der Waals surface area contributed by atoms with Crippen molar-refractivity contribution >= 4 is 23.6 Å². The van der Waals surface area contributed by atoms with Gasteiger partial charge in [0.25, 0.3) is 5.91 Å². The van der Waals surface area contributed by atoms with Crippen molar-refractivity contribution in [3.63, 3.8) is 0 Å². The van der Waals surface area contributed by atoms with Crippen LogP contribution in [0.25, 0.3) is 0 Å². The SMILES string of the molecule is C[C@H](NC(=O)N1CCCC1C(=O)NNc1cccc(C#N)c1)C(=O)O. The van der Waals surface area contributed by atoms with Crippen molar-refractivity contribution in [2.24, 2.45) is 0 Å². The molecule has 1 aromatic rings. The number of carbonyl (C=O) groups excluding carboxylic acids is 2. The third-order valence-corrected chi connectivity index (χ3v) is 3.85. The zero-order valence-electron chi connectivity index (χ0n) is 13.7. The molecule has 1 fully saturated rings. The highest BCUT2D eigenvalue weighted by Gasteiger charge is 2.35. The second-order valence-corrected chi connectivity index (χ2v) is 5.67. The molecule has 132 valence electrons. The fourth-order valence-corrected chi connectivity index (χ4v) is 2.50. The van der Waals surface area contributed by atoms with Gasteiger partial charge in [0.2, 0.25) is 0 Å². The van der Waals surface area contributed by atoms with Gasteiger partial charge in [0.1, 0.15) is 12.1 Å². The number of nitriles is 1. The van der Waals surface area contributed by atoms with E-state index >= 15 is 0 Å². The van der Waals surface area contributed by atoms with E-state index in [9.17, 15) is 14.4 Å². The number of carboxylic acids is 1. The first-order valence-corrected chi connectivity index (χ1v) is 7.78. The number of nitrogens with one attached hydrogen (secondary N) is 3. The second kappa shape index (κ2) is 8.01. The summed E-state index contributed by atoms with van der Waals surface area (Å²) in [4.78, 5) is 36.6. The molecule has 0 bridgehead atoms. The standard InChI is InChI=1S/C16H19N5O4/c1-10(15(23)24)18-16(25)21-7-3-6-13(21)14(22)20-19-12-5-2-4-11(8-12)9-17/h2,4-5,8,10,13,19H,3,6-7H2,1H3,(H,18,25)(H,20,22)(H,23,24)/t10-,13?/m0/s1. The Morgan fingerprint density at radius 1 is 1.40 bits per heavy atom. The lowest BCUT2D eigenvalue weighted by atomic mass is 10.2. The van der Waals surface area contributed by atoms with Crippen LogP contribution in [0.1, 0.15) is 25.3 Å². The van der Waals surface area contributed by atoms with Crippen LogP contribution in [0.5, 0.6) is 0 Å². The third-order valence-electron chi connectivity index (χ3n) is 3.85. The van der Waals surface area contributed by atoms with Crippen LogP contribution in [-0.4, -0.2) is 46.5 Å². The Balaban J connectivity index is 1.94. The maximum absolute atomic E-state index is 12.3. The molecule has 0 spiro atoms. The van der Waals surface area contributed by atoms with Crippen molar-refractivity contribution < 1.29 is 19.5 Å². The molecule has 0 saturated carbocycles. The van der Waals surface area contributed by atoms with Gasteiger partial charge in [-0.15, -0.1) is 0 Å². The smallest absolute Gasteiger partial charge is 0.325 e. The molecule has 1 unspecified atom stereocenters. The number of hydrogen-bond donors (Lipinski definition) is 4. The first kappa shape index (κ1) is 18.1.